The van der Waals surface area contributed by atoms with Gasteiger partial charge >= 0.3 is 0 Å². The molecule has 0 aliphatic rings. The zero-order chi connectivity index (χ0) is 24.2. The molecule has 4 rings (SSSR count). The van der Waals surface area contributed by atoms with Gasteiger partial charge < -0.3 is 9.73 Å². The van der Waals surface area contributed by atoms with Crippen LogP contribution in [0.15, 0.2) is 131 Å². The van der Waals surface area contributed by atoms with Crippen LogP contribution in [0.25, 0.3) is 17.0 Å². The summed E-state index contributed by atoms with van der Waals surface area (Å²) in [4.78, 5) is 0. The minimum Gasteiger partial charge on any atom is -0.460 e. The predicted octanol–water partition coefficient (Wildman–Crippen LogP) is 9.13. The van der Waals surface area contributed by atoms with Crippen LogP contribution in [0.2, 0.25) is 0 Å². The Morgan fingerprint density at radius 3 is 2.12 bits per heavy atom. The van der Waals surface area contributed by atoms with Crippen LogP contribution < -0.4 is 5.32 Å². The molecule has 4 aromatic rings. The SMILES string of the molecule is C=C(/C=C\C(=C/C)Cc1oc2ccccc2c1/C=C\C)Nc1ccccc1.Cc1ccccc1. The highest BCUT2D eigenvalue weighted by atomic mass is 16.3. The van der Waals surface area contributed by atoms with Crippen molar-refractivity contribution in [3.8, 4) is 0 Å². The summed E-state index contributed by atoms with van der Waals surface area (Å²) in [6.07, 6.45) is 11.1. The molecule has 2 heteroatoms. The molecule has 0 amide bonds. The van der Waals surface area contributed by atoms with Gasteiger partial charge in [-0.2, -0.15) is 0 Å². The molecule has 3 aromatic carbocycles. The standard InChI is InChI=1S/C25H25NO.C7H8/c1-4-11-22-23-14-9-10-15-24(23)27-25(22)18-20(5-2)17-16-19(3)26-21-12-7-6-8-13-21;1-7-5-3-2-4-6-7/h4-17,26H,3,18H2,1-2H3;2-6H,1H3/b11-4-,17-16-,20-5+;. The monoisotopic (exact) mass is 447 g/mol. The van der Waals surface area contributed by atoms with Crippen molar-refractivity contribution in [1.29, 1.82) is 0 Å². The lowest BCUT2D eigenvalue weighted by molar-refractivity contribution is 0.561. The molecule has 0 fully saturated rings. The molecule has 0 saturated heterocycles. The Bertz CT molecular complexity index is 1270. The lowest BCUT2D eigenvalue weighted by Crippen LogP contribution is -1.95. The largest absolute Gasteiger partial charge is 0.460 e. The molecule has 0 bridgehead atoms. The van der Waals surface area contributed by atoms with Gasteiger partial charge in [-0.3, -0.25) is 0 Å². The van der Waals surface area contributed by atoms with E-state index in [1.807, 2.05) is 86.7 Å². The fourth-order valence-electron chi connectivity index (χ4n) is 3.53. The minimum absolute atomic E-state index is 0.736. The van der Waals surface area contributed by atoms with E-state index in [2.05, 4.69) is 61.3 Å². The molecule has 0 aliphatic heterocycles. The van der Waals surface area contributed by atoms with Crippen LogP contribution in [0.4, 0.5) is 5.69 Å². The lowest BCUT2D eigenvalue weighted by Gasteiger charge is -2.06. The Morgan fingerprint density at radius 1 is 0.853 bits per heavy atom. The van der Waals surface area contributed by atoms with Crippen molar-refractivity contribution in [3.63, 3.8) is 0 Å². The number of hydrogen-bond donors (Lipinski definition) is 1. The summed E-state index contributed by atoms with van der Waals surface area (Å²) in [7, 11) is 0. The first-order valence-electron chi connectivity index (χ1n) is 11.6. The lowest BCUT2D eigenvalue weighted by atomic mass is 10.0. The number of nitrogens with one attached hydrogen (secondary N) is 1. The molecule has 0 unspecified atom stereocenters. The van der Waals surface area contributed by atoms with Crippen LogP contribution in [-0.4, -0.2) is 0 Å². The second kappa shape index (κ2) is 12.9. The highest BCUT2D eigenvalue weighted by Gasteiger charge is 2.12. The summed E-state index contributed by atoms with van der Waals surface area (Å²) in [6.45, 7) is 10.2. The molecule has 0 aliphatic carbocycles. The van der Waals surface area contributed by atoms with E-state index >= 15 is 0 Å². The van der Waals surface area contributed by atoms with Gasteiger partial charge in [0.15, 0.2) is 0 Å². The molecule has 0 saturated carbocycles. The van der Waals surface area contributed by atoms with Gasteiger partial charge in [0.1, 0.15) is 11.3 Å². The maximum atomic E-state index is 6.12. The molecule has 1 aromatic heterocycles. The van der Waals surface area contributed by atoms with Crippen molar-refractivity contribution in [3.05, 3.63) is 144 Å². The fraction of sp³-hybridized carbons (Fsp3) is 0.125. The predicted molar refractivity (Wildman–Crippen MR) is 148 cm³/mol. The molecule has 0 atom stereocenters. The summed E-state index contributed by atoms with van der Waals surface area (Å²) >= 11 is 0. The molecule has 172 valence electrons. The second-order valence-electron chi connectivity index (χ2n) is 7.98. The fourth-order valence-corrected chi connectivity index (χ4v) is 3.53. The van der Waals surface area contributed by atoms with E-state index in [0.717, 1.165) is 40.1 Å². The summed E-state index contributed by atoms with van der Waals surface area (Å²) in [5, 5.41) is 4.45. The molecule has 1 heterocycles. The number of allylic oxidation sites excluding steroid dienone is 5. The van der Waals surface area contributed by atoms with Crippen molar-refractivity contribution in [2.75, 3.05) is 5.32 Å². The number of rotatable bonds is 7. The molecule has 2 nitrogen and oxygen atoms in total. The normalized spacial score (nSPS) is 11.6. The van der Waals surface area contributed by atoms with Gasteiger partial charge in [-0.1, -0.05) is 103 Å². The summed E-state index contributed by atoms with van der Waals surface area (Å²) in [6, 6.07) is 28.5. The van der Waals surface area contributed by atoms with E-state index in [-0.39, 0.29) is 0 Å². The van der Waals surface area contributed by atoms with Gasteiger partial charge in [-0.15, -0.1) is 0 Å². The van der Waals surface area contributed by atoms with Gasteiger partial charge in [0.2, 0.25) is 0 Å². The van der Waals surface area contributed by atoms with Crippen molar-refractivity contribution in [2.45, 2.75) is 27.2 Å². The Kier molecular flexibility index (Phi) is 9.30. The first kappa shape index (κ1) is 24.6. The topological polar surface area (TPSA) is 25.2 Å². The zero-order valence-electron chi connectivity index (χ0n) is 20.3. The van der Waals surface area contributed by atoms with Crippen LogP contribution in [0.5, 0.6) is 0 Å². The average Bonchev–Trinajstić information content (AvgIpc) is 3.20. The first-order valence-corrected chi connectivity index (χ1v) is 11.6. The van der Waals surface area contributed by atoms with E-state index in [9.17, 15) is 0 Å². The van der Waals surface area contributed by atoms with Crippen molar-refractivity contribution < 1.29 is 4.42 Å². The number of para-hydroxylation sites is 2. The van der Waals surface area contributed by atoms with E-state index in [0.29, 0.717) is 0 Å². The number of benzene rings is 3. The third-order valence-corrected chi connectivity index (χ3v) is 5.30. The van der Waals surface area contributed by atoms with Crippen molar-refractivity contribution >= 4 is 22.7 Å². The third kappa shape index (κ3) is 7.25. The Morgan fingerprint density at radius 2 is 1.50 bits per heavy atom. The highest BCUT2D eigenvalue weighted by Crippen LogP contribution is 2.29. The number of aryl methyl sites for hydroxylation is 1. The number of anilines is 1. The summed E-state index contributed by atoms with van der Waals surface area (Å²) in [5.41, 5.74) is 6.45. The molecule has 1 N–H and O–H groups in total. The number of hydrogen-bond acceptors (Lipinski definition) is 2. The van der Waals surface area contributed by atoms with Crippen LogP contribution in [0.3, 0.4) is 0 Å². The van der Waals surface area contributed by atoms with Crippen LogP contribution in [0.1, 0.15) is 30.7 Å². The smallest absolute Gasteiger partial charge is 0.134 e. The van der Waals surface area contributed by atoms with Crippen molar-refractivity contribution in [2.24, 2.45) is 0 Å². The van der Waals surface area contributed by atoms with E-state index < -0.39 is 0 Å². The first-order chi connectivity index (χ1) is 16.6. The minimum atomic E-state index is 0.736. The molecule has 0 radical (unpaired) electrons. The third-order valence-electron chi connectivity index (χ3n) is 5.30. The van der Waals surface area contributed by atoms with Crippen LogP contribution >= 0.6 is 0 Å². The van der Waals surface area contributed by atoms with Gasteiger partial charge in [0, 0.05) is 28.8 Å². The Hall–Kier alpha value is -4.04. The summed E-state index contributed by atoms with van der Waals surface area (Å²) < 4.78 is 6.12. The van der Waals surface area contributed by atoms with E-state index in [4.69, 9.17) is 4.42 Å². The van der Waals surface area contributed by atoms with Crippen LogP contribution in [-0.2, 0) is 6.42 Å². The number of furan rings is 1. The Labute approximate surface area is 203 Å². The number of fused-ring (bicyclic) bond motifs is 1. The molecule has 34 heavy (non-hydrogen) atoms. The zero-order valence-corrected chi connectivity index (χ0v) is 20.3. The second-order valence-corrected chi connectivity index (χ2v) is 7.98. The maximum absolute atomic E-state index is 6.12. The van der Waals surface area contributed by atoms with Crippen molar-refractivity contribution in [1.82, 2.24) is 0 Å². The van der Waals surface area contributed by atoms with Gasteiger partial charge in [0.25, 0.3) is 0 Å². The highest BCUT2D eigenvalue weighted by molar-refractivity contribution is 5.88. The maximum Gasteiger partial charge on any atom is 0.134 e. The molecular weight excluding hydrogens is 414 g/mol. The van der Waals surface area contributed by atoms with E-state index in [1.165, 1.54) is 11.1 Å². The Balaban J connectivity index is 0.000000396. The van der Waals surface area contributed by atoms with Gasteiger partial charge in [0.05, 0.1) is 0 Å². The van der Waals surface area contributed by atoms with E-state index in [1.54, 1.807) is 0 Å². The quantitative estimate of drug-likeness (QED) is 0.286. The van der Waals surface area contributed by atoms with Crippen LogP contribution in [0, 0.1) is 6.92 Å². The van der Waals surface area contributed by atoms with Gasteiger partial charge in [-0.25, -0.2) is 0 Å². The summed E-state index contributed by atoms with van der Waals surface area (Å²) in [5.74, 6) is 0.980. The average molecular weight is 448 g/mol. The molecular formula is C32H33NO. The molecule has 0 spiro atoms. The van der Waals surface area contributed by atoms with Gasteiger partial charge in [-0.05, 0) is 50.6 Å².